The van der Waals surface area contributed by atoms with E-state index in [0.29, 0.717) is 12.6 Å². The monoisotopic (exact) mass is 415 g/mol. The van der Waals surface area contributed by atoms with Gasteiger partial charge in [-0.2, -0.15) is 0 Å². The van der Waals surface area contributed by atoms with Crippen LogP contribution in [0.5, 0.6) is 0 Å². The number of carbonyl (C=O) groups is 2. The van der Waals surface area contributed by atoms with Gasteiger partial charge in [0.15, 0.2) is 5.78 Å². The van der Waals surface area contributed by atoms with Gasteiger partial charge in [0.1, 0.15) is 5.60 Å². The molecule has 6 nitrogen and oxygen atoms in total. The number of benzene rings is 1. The molecule has 0 radical (unpaired) electrons. The highest BCUT2D eigenvalue weighted by atomic mass is 16.6. The Balaban J connectivity index is 1.44. The molecule has 1 saturated carbocycles. The molecule has 1 aromatic carbocycles. The fourth-order valence-corrected chi connectivity index (χ4v) is 4.44. The maximum Gasteiger partial charge on any atom is 0.407 e. The molecule has 2 fully saturated rings. The van der Waals surface area contributed by atoms with Gasteiger partial charge in [0.25, 0.3) is 0 Å². The van der Waals surface area contributed by atoms with Crippen LogP contribution in [0.2, 0.25) is 0 Å². The third-order valence-corrected chi connectivity index (χ3v) is 5.97. The largest absolute Gasteiger partial charge is 0.444 e. The van der Waals surface area contributed by atoms with E-state index in [1.54, 1.807) is 0 Å². The lowest BCUT2D eigenvalue weighted by Gasteiger charge is -2.39. The first-order valence-corrected chi connectivity index (χ1v) is 11.4. The van der Waals surface area contributed by atoms with Crippen LogP contribution in [0.25, 0.3) is 0 Å². The number of nitrogens with zero attached hydrogens (tertiary/aromatic N) is 1. The van der Waals surface area contributed by atoms with Crippen LogP contribution in [0.4, 0.5) is 4.79 Å². The van der Waals surface area contributed by atoms with E-state index in [1.165, 1.54) is 6.42 Å². The lowest BCUT2D eigenvalue weighted by atomic mass is 9.89. The molecule has 6 heteroatoms. The normalized spacial score (nSPS) is 23.7. The number of nitrogens with one attached hydrogen (secondary N) is 2. The molecule has 3 rings (SSSR count). The number of hydrogen-bond acceptors (Lipinski definition) is 5. The predicted molar refractivity (Wildman–Crippen MR) is 119 cm³/mol. The fourth-order valence-electron chi connectivity index (χ4n) is 4.44. The van der Waals surface area contributed by atoms with Crippen molar-refractivity contribution in [1.29, 1.82) is 0 Å². The van der Waals surface area contributed by atoms with Crippen molar-refractivity contribution >= 4 is 11.9 Å². The maximum atomic E-state index is 12.4. The van der Waals surface area contributed by atoms with Crippen molar-refractivity contribution in [3.8, 4) is 0 Å². The second-order valence-corrected chi connectivity index (χ2v) is 9.65. The Morgan fingerprint density at radius 2 is 1.63 bits per heavy atom. The number of alkyl carbamates (subject to hydrolysis) is 1. The minimum atomic E-state index is -0.480. The summed E-state index contributed by atoms with van der Waals surface area (Å²) < 4.78 is 5.45. The van der Waals surface area contributed by atoms with Crippen LogP contribution in [0.1, 0.15) is 69.7 Å². The summed E-state index contributed by atoms with van der Waals surface area (Å²) in [4.78, 5) is 26.9. The second kappa shape index (κ2) is 10.4. The number of piperidine rings is 1. The number of hydrogen-bond donors (Lipinski definition) is 2. The van der Waals surface area contributed by atoms with Gasteiger partial charge in [-0.15, -0.1) is 0 Å². The van der Waals surface area contributed by atoms with E-state index in [2.05, 4.69) is 15.5 Å². The van der Waals surface area contributed by atoms with Crippen LogP contribution < -0.4 is 10.6 Å². The Morgan fingerprint density at radius 3 is 2.27 bits per heavy atom. The average Bonchev–Trinajstić information content (AvgIpc) is 2.70. The van der Waals surface area contributed by atoms with Crippen molar-refractivity contribution in [3.63, 3.8) is 0 Å². The maximum absolute atomic E-state index is 12.4. The number of ether oxygens (including phenoxy) is 1. The van der Waals surface area contributed by atoms with Crippen LogP contribution in [0.3, 0.4) is 0 Å². The van der Waals surface area contributed by atoms with Crippen molar-refractivity contribution in [3.05, 3.63) is 35.9 Å². The molecule has 1 aliphatic heterocycles. The van der Waals surface area contributed by atoms with E-state index in [1.807, 2.05) is 51.1 Å². The molecule has 1 aliphatic carbocycles. The van der Waals surface area contributed by atoms with Gasteiger partial charge in [-0.25, -0.2) is 4.79 Å². The summed E-state index contributed by atoms with van der Waals surface area (Å²) in [7, 11) is 0. The van der Waals surface area contributed by atoms with E-state index in [-0.39, 0.29) is 24.0 Å². The summed E-state index contributed by atoms with van der Waals surface area (Å²) in [6, 6.07) is 10.4. The highest BCUT2D eigenvalue weighted by Gasteiger charge is 2.31. The Labute approximate surface area is 180 Å². The first kappa shape index (κ1) is 22.8. The van der Waals surface area contributed by atoms with E-state index in [0.717, 1.165) is 50.8 Å². The summed E-state index contributed by atoms with van der Waals surface area (Å²) in [6.45, 7) is 8.00. The topological polar surface area (TPSA) is 70.7 Å². The fraction of sp³-hybridized carbons (Fsp3) is 0.667. The van der Waals surface area contributed by atoms with Crippen LogP contribution >= 0.6 is 0 Å². The van der Waals surface area contributed by atoms with Crippen molar-refractivity contribution in [2.24, 2.45) is 0 Å². The minimum absolute atomic E-state index is 0.117. The van der Waals surface area contributed by atoms with Crippen molar-refractivity contribution in [1.82, 2.24) is 15.5 Å². The predicted octanol–water partition coefficient (Wildman–Crippen LogP) is 3.76. The molecule has 2 aliphatic rings. The smallest absolute Gasteiger partial charge is 0.407 e. The first-order valence-electron chi connectivity index (χ1n) is 11.4. The third-order valence-electron chi connectivity index (χ3n) is 5.97. The zero-order chi connectivity index (χ0) is 21.6. The molecule has 2 atom stereocenters. The van der Waals surface area contributed by atoms with Gasteiger partial charge >= 0.3 is 6.09 Å². The lowest BCUT2D eigenvalue weighted by molar-refractivity contribution is 0.0474. The molecule has 0 aromatic heterocycles. The number of amides is 1. The third kappa shape index (κ3) is 7.10. The van der Waals surface area contributed by atoms with Crippen LogP contribution in [0, 0.1) is 0 Å². The Kier molecular flexibility index (Phi) is 7.89. The molecule has 1 saturated heterocycles. The van der Waals surface area contributed by atoms with E-state index >= 15 is 0 Å². The number of Topliss-reactive ketones (excluding diaryl/α,β-unsaturated/α-hetero) is 1. The van der Waals surface area contributed by atoms with Crippen LogP contribution in [-0.4, -0.2) is 60.1 Å². The number of likely N-dealkylation sites (tertiary alicyclic amines) is 1. The number of carbonyl (C=O) groups excluding carboxylic acids is 2. The van der Waals surface area contributed by atoms with E-state index in [4.69, 9.17) is 4.74 Å². The van der Waals surface area contributed by atoms with Crippen LogP contribution in [-0.2, 0) is 4.74 Å². The van der Waals surface area contributed by atoms with Gasteiger partial charge in [0.2, 0.25) is 0 Å². The summed E-state index contributed by atoms with van der Waals surface area (Å²) in [5.41, 5.74) is 0.308. The van der Waals surface area contributed by atoms with E-state index in [9.17, 15) is 9.59 Å². The van der Waals surface area contributed by atoms with E-state index < -0.39 is 5.60 Å². The molecule has 30 heavy (non-hydrogen) atoms. The number of rotatable bonds is 6. The van der Waals surface area contributed by atoms with Crippen LogP contribution in [0.15, 0.2) is 30.3 Å². The highest BCUT2D eigenvalue weighted by Crippen LogP contribution is 2.22. The highest BCUT2D eigenvalue weighted by molar-refractivity contribution is 5.97. The van der Waals surface area contributed by atoms with Crippen molar-refractivity contribution in [2.45, 2.75) is 83.0 Å². The summed E-state index contributed by atoms with van der Waals surface area (Å²) >= 11 is 0. The molecule has 0 spiro atoms. The molecule has 1 amide bonds. The molecular formula is C24H37N3O3. The zero-order valence-electron chi connectivity index (χ0n) is 18.7. The Hall–Kier alpha value is -1.92. The molecule has 1 aromatic rings. The van der Waals surface area contributed by atoms with Gasteiger partial charge in [-0.3, -0.25) is 9.69 Å². The first-order chi connectivity index (χ1) is 14.3. The zero-order valence-corrected chi connectivity index (χ0v) is 18.7. The molecular weight excluding hydrogens is 378 g/mol. The molecule has 1 heterocycles. The summed E-state index contributed by atoms with van der Waals surface area (Å²) in [5.74, 6) is 0.191. The minimum Gasteiger partial charge on any atom is -0.444 e. The lowest BCUT2D eigenvalue weighted by Crippen LogP contribution is -2.56. The summed E-state index contributed by atoms with van der Waals surface area (Å²) in [6.07, 6.45) is 6.12. The van der Waals surface area contributed by atoms with Gasteiger partial charge in [-0.05, 0) is 46.5 Å². The Bertz CT molecular complexity index is 693. The quantitative estimate of drug-likeness (QED) is 0.693. The van der Waals surface area contributed by atoms with Gasteiger partial charge in [0, 0.05) is 36.8 Å². The standard InChI is InChI=1S/C24H37N3O3/c1-24(2,3)30-23(29)26-21-12-8-7-11-20(21)25-19-13-15-27(16-14-19)17-22(28)18-9-5-4-6-10-18/h4-6,9-10,19-21,25H,7-8,11-17H2,1-3H3,(H,26,29)/t20-,21?/m0/s1. The van der Waals surface area contributed by atoms with Gasteiger partial charge in [0.05, 0.1) is 6.54 Å². The number of ketones is 1. The summed E-state index contributed by atoms with van der Waals surface area (Å²) in [5, 5.41) is 6.89. The molecule has 166 valence electrons. The molecule has 2 N–H and O–H groups in total. The van der Waals surface area contributed by atoms with Gasteiger partial charge < -0.3 is 15.4 Å². The van der Waals surface area contributed by atoms with Crippen molar-refractivity contribution in [2.75, 3.05) is 19.6 Å². The average molecular weight is 416 g/mol. The SMILES string of the molecule is CC(C)(C)OC(=O)NC1CCCC[C@@H]1NC1CCN(CC(=O)c2ccccc2)CC1. The molecule has 0 bridgehead atoms. The van der Waals surface area contributed by atoms with Gasteiger partial charge in [-0.1, -0.05) is 43.2 Å². The second-order valence-electron chi connectivity index (χ2n) is 9.65. The van der Waals surface area contributed by atoms with Crippen molar-refractivity contribution < 1.29 is 14.3 Å². The molecule has 1 unspecified atom stereocenters. The Morgan fingerprint density at radius 1 is 1.00 bits per heavy atom.